The Kier molecular flexibility index (Phi) is 4.74. The van der Waals surface area contributed by atoms with E-state index in [2.05, 4.69) is 0 Å². The van der Waals surface area contributed by atoms with Crippen molar-refractivity contribution in [3.8, 4) is 5.75 Å². The van der Waals surface area contributed by atoms with Gasteiger partial charge in [-0.05, 0) is 42.3 Å². The summed E-state index contributed by atoms with van der Waals surface area (Å²) in [7, 11) is 0. The van der Waals surface area contributed by atoms with Gasteiger partial charge in [-0.2, -0.15) is 13.2 Å². The molecule has 1 amide bonds. The summed E-state index contributed by atoms with van der Waals surface area (Å²) >= 11 is 6.08. The molecule has 0 radical (unpaired) electrons. The zero-order valence-corrected chi connectivity index (χ0v) is 15.6. The molecule has 2 aromatic carbocycles. The summed E-state index contributed by atoms with van der Waals surface area (Å²) in [4.78, 5) is 25.3. The Morgan fingerprint density at radius 2 is 1.79 bits per heavy atom. The van der Waals surface area contributed by atoms with Crippen LogP contribution in [-0.4, -0.2) is 34.2 Å². The molecule has 3 aromatic rings. The summed E-state index contributed by atoms with van der Waals surface area (Å²) in [6.07, 6.45) is -5.59. The van der Waals surface area contributed by atoms with Crippen LogP contribution in [0.5, 0.6) is 5.75 Å². The van der Waals surface area contributed by atoms with E-state index in [9.17, 15) is 22.8 Å². The predicted molar refractivity (Wildman–Crippen MR) is 100.0 cm³/mol. The number of fused-ring (bicyclic) bond motifs is 3. The van der Waals surface area contributed by atoms with Crippen LogP contribution in [0.1, 0.15) is 11.3 Å². The normalized spacial score (nSPS) is 14.0. The number of nitrogens with zero attached hydrogens (tertiary/aromatic N) is 2. The minimum atomic E-state index is -4.98. The third-order valence-electron chi connectivity index (χ3n) is 4.78. The van der Waals surface area contributed by atoms with Crippen LogP contribution in [-0.2, 0) is 17.8 Å². The zero-order chi connectivity index (χ0) is 20.8. The summed E-state index contributed by atoms with van der Waals surface area (Å²) in [6, 6.07) is 13.2. The van der Waals surface area contributed by atoms with Gasteiger partial charge in [-0.25, -0.2) is 9.36 Å². The van der Waals surface area contributed by atoms with Crippen LogP contribution in [0.25, 0.3) is 10.9 Å². The lowest BCUT2D eigenvalue weighted by molar-refractivity contribution is -0.186. The third kappa shape index (κ3) is 3.55. The first-order valence-electron chi connectivity index (χ1n) is 8.71. The van der Waals surface area contributed by atoms with Gasteiger partial charge in [0.2, 0.25) is 0 Å². The highest BCUT2D eigenvalue weighted by molar-refractivity contribution is 6.31. The van der Waals surface area contributed by atoms with E-state index in [1.165, 1.54) is 4.57 Å². The second-order valence-electron chi connectivity index (χ2n) is 6.58. The molecule has 29 heavy (non-hydrogen) atoms. The third-order valence-corrected chi connectivity index (χ3v) is 5.01. The molecule has 0 saturated carbocycles. The van der Waals surface area contributed by atoms with Crippen LogP contribution >= 0.6 is 11.6 Å². The van der Waals surface area contributed by atoms with Gasteiger partial charge in [0, 0.05) is 17.0 Å². The maximum absolute atomic E-state index is 12.9. The van der Waals surface area contributed by atoms with Crippen LogP contribution in [0.4, 0.5) is 18.0 Å². The van der Waals surface area contributed by atoms with Gasteiger partial charge in [0.15, 0.2) is 0 Å². The second kappa shape index (κ2) is 7.11. The van der Waals surface area contributed by atoms with Gasteiger partial charge >= 0.3 is 18.2 Å². The molecule has 0 unspecified atom stereocenters. The molecule has 0 spiro atoms. The molecule has 1 aliphatic rings. The summed E-state index contributed by atoms with van der Waals surface area (Å²) in [5.74, 6) is -1.64. The molecular weight excluding hydrogens is 409 g/mol. The fraction of sp³-hybridized carbons (Fsp3) is 0.200. The van der Waals surface area contributed by atoms with E-state index >= 15 is 0 Å². The number of hydrogen-bond acceptors (Lipinski definition) is 3. The first-order valence-corrected chi connectivity index (χ1v) is 9.08. The Morgan fingerprint density at radius 3 is 2.48 bits per heavy atom. The van der Waals surface area contributed by atoms with Crippen LogP contribution in [0.15, 0.2) is 48.5 Å². The molecule has 0 saturated heterocycles. The van der Waals surface area contributed by atoms with E-state index in [0.717, 1.165) is 0 Å². The van der Waals surface area contributed by atoms with E-state index in [-0.39, 0.29) is 25.2 Å². The quantitative estimate of drug-likeness (QED) is 0.566. The van der Waals surface area contributed by atoms with Gasteiger partial charge in [0.1, 0.15) is 5.75 Å². The van der Waals surface area contributed by atoms with Crippen molar-refractivity contribution >= 4 is 34.5 Å². The van der Waals surface area contributed by atoms with Crippen molar-refractivity contribution in [3.63, 3.8) is 0 Å². The highest BCUT2D eigenvalue weighted by Gasteiger charge is 2.44. The Hall–Kier alpha value is -3.00. The second-order valence-corrected chi connectivity index (χ2v) is 7.01. The monoisotopic (exact) mass is 422 g/mol. The van der Waals surface area contributed by atoms with Crippen molar-refractivity contribution in [2.45, 2.75) is 19.1 Å². The Labute approximate surface area is 168 Å². The van der Waals surface area contributed by atoms with E-state index in [1.54, 1.807) is 48.5 Å². The predicted octanol–water partition coefficient (Wildman–Crippen LogP) is 4.79. The van der Waals surface area contributed by atoms with E-state index in [1.807, 2.05) is 0 Å². The molecule has 5 nitrogen and oxygen atoms in total. The molecule has 0 bridgehead atoms. The fourth-order valence-electron chi connectivity index (χ4n) is 3.53. The van der Waals surface area contributed by atoms with Gasteiger partial charge in [0.05, 0.1) is 17.8 Å². The minimum Gasteiger partial charge on any atom is -0.410 e. The molecular formula is C20H14ClF3N2O3. The van der Waals surface area contributed by atoms with Gasteiger partial charge in [-0.3, -0.25) is 4.79 Å². The maximum Gasteiger partial charge on any atom is 0.471 e. The van der Waals surface area contributed by atoms with E-state index in [0.29, 0.717) is 32.1 Å². The van der Waals surface area contributed by atoms with Crippen LogP contribution in [0.2, 0.25) is 5.02 Å². The lowest BCUT2D eigenvalue weighted by atomic mass is 10.0. The Balaban J connectivity index is 1.80. The van der Waals surface area contributed by atoms with Crippen molar-refractivity contribution in [2.24, 2.45) is 0 Å². The molecule has 1 aliphatic heterocycles. The first-order chi connectivity index (χ1) is 13.8. The molecule has 0 aliphatic carbocycles. The SMILES string of the molecule is O=C(Oc1ccccc1)n1c2c(c3cc(Cl)ccc31)CCN(C(=O)C(F)(F)F)C2. The summed E-state index contributed by atoms with van der Waals surface area (Å²) in [5.41, 5.74) is 1.42. The molecule has 2 heterocycles. The summed E-state index contributed by atoms with van der Waals surface area (Å²) in [5, 5.41) is 1.08. The number of aromatic nitrogens is 1. The standard InChI is InChI=1S/C20H14ClF3N2O3/c21-12-6-7-16-15(10-12)14-8-9-25(18(27)20(22,23)24)11-17(14)26(16)19(28)29-13-4-2-1-3-5-13/h1-7,10H,8-9,11H2. The molecule has 0 atom stereocenters. The number of para-hydroxylation sites is 1. The number of carbonyl (C=O) groups is 2. The van der Waals surface area contributed by atoms with Crippen LogP contribution in [0, 0.1) is 0 Å². The number of alkyl halides is 3. The number of halogens is 4. The molecule has 0 N–H and O–H groups in total. The van der Waals surface area contributed by atoms with Gasteiger partial charge in [-0.15, -0.1) is 0 Å². The van der Waals surface area contributed by atoms with Gasteiger partial charge in [0.25, 0.3) is 0 Å². The van der Waals surface area contributed by atoms with Crippen molar-refractivity contribution in [3.05, 3.63) is 64.8 Å². The molecule has 4 rings (SSSR count). The van der Waals surface area contributed by atoms with Crippen molar-refractivity contribution in [2.75, 3.05) is 6.54 Å². The average molecular weight is 423 g/mol. The highest BCUT2D eigenvalue weighted by Crippen LogP contribution is 2.34. The lowest BCUT2D eigenvalue weighted by Crippen LogP contribution is -2.44. The van der Waals surface area contributed by atoms with Crippen LogP contribution in [0.3, 0.4) is 0 Å². The fourth-order valence-corrected chi connectivity index (χ4v) is 3.70. The van der Waals surface area contributed by atoms with Crippen molar-refractivity contribution < 1.29 is 27.5 Å². The largest absolute Gasteiger partial charge is 0.471 e. The summed E-state index contributed by atoms with van der Waals surface area (Å²) < 4.78 is 45.3. The number of rotatable bonds is 1. The molecule has 9 heteroatoms. The van der Waals surface area contributed by atoms with Crippen molar-refractivity contribution in [1.82, 2.24) is 9.47 Å². The lowest BCUT2D eigenvalue weighted by Gasteiger charge is -2.28. The topological polar surface area (TPSA) is 51.5 Å². The zero-order valence-electron chi connectivity index (χ0n) is 14.9. The van der Waals surface area contributed by atoms with Crippen molar-refractivity contribution in [1.29, 1.82) is 0 Å². The smallest absolute Gasteiger partial charge is 0.410 e. The average Bonchev–Trinajstić information content (AvgIpc) is 3.00. The molecule has 150 valence electrons. The number of ether oxygens (including phenoxy) is 1. The highest BCUT2D eigenvalue weighted by atomic mass is 35.5. The minimum absolute atomic E-state index is 0.106. The maximum atomic E-state index is 12.9. The number of hydrogen-bond donors (Lipinski definition) is 0. The van der Waals surface area contributed by atoms with Gasteiger partial charge < -0.3 is 9.64 Å². The van der Waals surface area contributed by atoms with E-state index < -0.39 is 18.2 Å². The molecule has 1 aromatic heterocycles. The molecule has 0 fully saturated rings. The van der Waals surface area contributed by atoms with E-state index in [4.69, 9.17) is 16.3 Å². The number of amides is 1. The van der Waals surface area contributed by atoms with Crippen LogP contribution < -0.4 is 4.74 Å². The summed E-state index contributed by atoms with van der Waals surface area (Å²) in [6.45, 7) is -0.464. The Morgan fingerprint density at radius 1 is 1.07 bits per heavy atom. The number of carbonyl (C=O) groups excluding carboxylic acids is 2. The number of benzene rings is 2. The Bertz CT molecular complexity index is 1110. The first kappa shape index (κ1) is 19.3. The van der Waals surface area contributed by atoms with Gasteiger partial charge in [-0.1, -0.05) is 29.8 Å².